The summed E-state index contributed by atoms with van der Waals surface area (Å²) < 4.78 is 10.8. The zero-order valence-electron chi connectivity index (χ0n) is 14.0. The quantitative estimate of drug-likeness (QED) is 0.553. The van der Waals surface area contributed by atoms with Crippen LogP contribution in [0, 0.1) is 6.92 Å². The van der Waals surface area contributed by atoms with E-state index in [9.17, 15) is 9.59 Å². The van der Waals surface area contributed by atoms with Crippen molar-refractivity contribution in [2.45, 2.75) is 13.3 Å². The second-order valence-corrected chi connectivity index (χ2v) is 5.76. The summed E-state index contributed by atoms with van der Waals surface area (Å²) in [5.74, 6) is 0.372. The molecule has 0 radical (unpaired) electrons. The molecule has 1 N–H and O–H groups in total. The first-order chi connectivity index (χ1) is 12.1. The Balaban J connectivity index is 1.53. The van der Waals surface area contributed by atoms with Gasteiger partial charge in [-0.05, 0) is 43.2 Å². The lowest BCUT2D eigenvalue weighted by atomic mass is 10.2. The lowest BCUT2D eigenvalue weighted by Gasteiger charge is -2.08. The van der Waals surface area contributed by atoms with Gasteiger partial charge in [0.05, 0.1) is 6.61 Å². The predicted octanol–water partition coefficient (Wildman–Crippen LogP) is 3.30. The van der Waals surface area contributed by atoms with Gasteiger partial charge in [0.2, 0.25) is 0 Å². The summed E-state index contributed by atoms with van der Waals surface area (Å²) in [5.41, 5.74) is 0.981. The van der Waals surface area contributed by atoms with Gasteiger partial charge in [-0.1, -0.05) is 30.3 Å². The Kier molecular flexibility index (Phi) is 5.14. The fourth-order valence-corrected chi connectivity index (χ4v) is 2.48. The number of hydrogen-bond acceptors (Lipinski definition) is 4. The molecule has 3 rings (SSSR count). The lowest BCUT2D eigenvalue weighted by molar-refractivity contribution is 0.0948. The maximum absolute atomic E-state index is 12.2. The van der Waals surface area contributed by atoms with Crippen molar-refractivity contribution in [1.82, 2.24) is 5.32 Å². The Hall–Kier alpha value is -3.08. The number of carbonyl (C=O) groups is 1. The number of amides is 1. The zero-order valence-corrected chi connectivity index (χ0v) is 14.0. The third-order valence-electron chi connectivity index (χ3n) is 3.75. The molecule has 2 aromatic carbocycles. The van der Waals surface area contributed by atoms with Gasteiger partial charge in [-0.25, -0.2) is 4.79 Å². The molecule has 0 saturated heterocycles. The van der Waals surface area contributed by atoms with E-state index in [1.165, 1.54) is 0 Å². The van der Waals surface area contributed by atoms with Crippen LogP contribution in [-0.2, 0) is 0 Å². The molecule has 0 bridgehead atoms. The number of carbonyl (C=O) groups excluding carboxylic acids is 1. The number of ether oxygens (including phenoxy) is 1. The highest BCUT2D eigenvalue weighted by atomic mass is 16.5. The molecule has 128 valence electrons. The highest BCUT2D eigenvalue weighted by molar-refractivity contribution is 5.96. The lowest BCUT2D eigenvalue weighted by Crippen LogP contribution is -2.29. The molecule has 3 aromatic rings. The number of hydrogen-bond donors (Lipinski definition) is 1. The van der Waals surface area contributed by atoms with Crippen molar-refractivity contribution in [3.05, 3.63) is 76.1 Å². The first kappa shape index (κ1) is 16.8. The summed E-state index contributed by atoms with van der Waals surface area (Å²) in [6, 6.07) is 16.4. The molecular weight excluding hydrogens is 318 g/mol. The minimum absolute atomic E-state index is 0.0123. The van der Waals surface area contributed by atoms with E-state index in [0.29, 0.717) is 25.2 Å². The van der Waals surface area contributed by atoms with Crippen molar-refractivity contribution in [2.24, 2.45) is 0 Å². The normalized spacial score (nSPS) is 10.6. The van der Waals surface area contributed by atoms with E-state index in [-0.39, 0.29) is 5.56 Å². The van der Waals surface area contributed by atoms with Crippen molar-refractivity contribution in [1.29, 1.82) is 0 Å². The summed E-state index contributed by atoms with van der Waals surface area (Å²) in [4.78, 5) is 24.1. The van der Waals surface area contributed by atoms with E-state index in [1.54, 1.807) is 24.3 Å². The third-order valence-corrected chi connectivity index (χ3v) is 3.75. The van der Waals surface area contributed by atoms with Crippen LogP contribution in [0.2, 0.25) is 0 Å². The topological polar surface area (TPSA) is 68.5 Å². The molecule has 25 heavy (non-hydrogen) atoms. The Bertz CT molecular complexity index is 946. The molecule has 1 aromatic heterocycles. The van der Waals surface area contributed by atoms with Crippen LogP contribution in [0.3, 0.4) is 0 Å². The molecule has 0 aliphatic heterocycles. The minimum Gasteiger partial charge on any atom is -0.494 e. The van der Waals surface area contributed by atoms with Gasteiger partial charge in [-0.15, -0.1) is 0 Å². The standard InChI is InChI=1S/C20H19NO4/c1-14-6-4-8-16(12-14)24-11-5-10-21-19(22)17-13-15-7-2-3-9-18(15)25-20(17)23/h2-4,6-9,12-13H,5,10-11H2,1H3,(H,21,22). The second kappa shape index (κ2) is 7.66. The highest BCUT2D eigenvalue weighted by Gasteiger charge is 2.12. The maximum Gasteiger partial charge on any atom is 0.349 e. The van der Waals surface area contributed by atoms with Crippen molar-refractivity contribution in [3.8, 4) is 5.75 Å². The van der Waals surface area contributed by atoms with Gasteiger partial charge in [-0.3, -0.25) is 4.79 Å². The van der Waals surface area contributed by atoms with Crippen LogP contribution in [0.25, 0.3) is 11.0 Å². The van der Waals surface area contributed by atoms with Crippen LogP contribution < -0.4 is 15.7 Å². The van der Waals surface area contributed by atoms with Gasteiger partial charge in [-0.2, -0.15) is 0 Å². The van der Waals surface area contributed by atoms with Gasteiger partial charge in [0.25, 0.3) is 5.91 Å². The predicted molar refractivity (Wildman–Crippen MR) is 96.1 cm³/mol. The van der Waals surface area contributed by atoms with Gasteiger partial charge in [0, 0.05) is 11.9 Å². The van der Waals surface area contributed by atoms with Crippen LogP contribution >= 0.6 is 0 Å². The van der Waals surface area contributed by atoms with Crippen molar-refractivity contribution in [3.63, 3.8) is 0 Å². The Morgan fingerprint density at radius 1 is 1.12 bits per heavy atom. The first-order valence-corrected chi connectivity index (χ1v) is 8.14. The summed E-state index contributed by atoms with van der Waals surface area (Å²) in [6.45, 7) is 2.90. The Morgan fingerprint density at radius 3 is 2.80 bits per heavy atom. The molecule has 0 atom stereocenters. The third kappa shape index (κ3) is 4.26. The average molecular weight is 337 g/mol. The molecule has 1 amide bonds. The Labute approximate surface area is 145 Å². The van der Waals surface area contributed by atoms with Crippen molar-refractivity contribution >= 4 is 16.9 Å². The molecule has 0 fully saturated rings. The van der Waals surface area contributed by atoms with E-state index >= 15 is 0 Å². The first-order valence-electron chi connectivity index (χ1n) is 8.14. The largest absolute Gasteiger partial charge is 0.494 e. The van der Waals surface area contributed by atoms with Crippen molar-refractivity contribution in [2.75, 3.05) is 13.2 Å². The van der Waals surface area contributed by atoms with Gasteiger partial charge in [0.1, 0.15) is 16.9 Å². The van der Waals surface area contributed by atoms with Crippen LogP contribution in [-0.4, -0.2) is 19.1 Å². The fraction of sp³-hybridized carbons (Fsp3) is 0.200. The molecule has 0 unspecified atom stereocenters. The van der Waals surface area contributed by atoms with E-state index in [2.05, 4.69) is 5.32 Å². The van der Waals surface area contributed by atoms with E-state index < -0.39 is 11.5 Å². The number of rotatable bonds is 6. The maximum atomic E-state index is 12.2. The second-order valence-electron chi connectivity index (χ2n) is 5.76. The Morgan fingerprint density at radius 2 is 1.96 bits per heavy atom. The minimum atomic E-state index is -0.632. The van der Waals surface area contributed by atoms with Crippen LogP contribution in [0.5, 0.6) is 5.75 Å². The summed E-state index contributed by atoms with van der Waals surface area (Å²) >= 11 is 0. The molecule has 0 aliphatic rings. The summed E-state index contributed by atoms with van der Waals surface area (Å²) in [5, 5.41) is 3.44. The number of aryl methyl sites for hydroxylation is 1. The highest BCUT2D eigenvalue weighted by Crippen LogP contribution is 2.13. The molecule has 0 aliphatic carbocycles. The molecular formula is C20H19NO4. The van der Waals surface area contributed by atoms with E-state index in [4.69, 9.17) is 9.15 Å². The van der Waals surface area contributed by atoms with Crippen LogP contribution in [0.4, 0.5) is 0 Å². The monoisotopic (exact) mass is 337 g/mol. The van der Waals surface area contributed by atoms with Crippen LogP contribution in [0.1, 0.15) is 22.3 Å². The van der Waals surface area contributed by atoms with Gasteiger partial charge in [0.15, 0.2) is 0 Å². The molecule has 5 heteroatoms. The number of nitrogens with one attached hydrogen (secondary N) is 1. The molecule has 5 nitrogen and oxygen atoms in total. The number of para-hydroxylation sites is 1. The van der Waals surface area contributed by atoms with Gasteiger partial charge < -0.3 is 14.5 Å². The van der Waals surface area contributed by atoms with Gasteiger partial charge >= 0.3 is 5.63 Å². The van der Waals surface area contributed by atoms with E-state index in [0.717, 1.165) is 16.7 Å². The average Bonchev–Trinajstić information content (AvgIpc) is 2.60. The molecule has 1 heterocycles. The smallest absolute Gasteiger partial charge is 0.349 e. The zero-order chi connectivity index (χ0) is 17.6. The summed E-state index contributed by atoms with van der Waals surface area (Å²) in [6.07, 6.45) is 0.637. The number of benzene rings is 2. The fourth-order valence-electron chi connectivity index (χ4n) is 2.48. The summed E-state index contributed by atoms with van der Waals surface area (Å²) in [7, 11) is 0. The molecule has 0 saturated carbocycles. The van der Waals surface area contributed by atoms with Crippen molar-refractivity contribution < 1.29 is 13.9 Å². The SMILES string of the molecule is Cc1cccc(OCCCNC(=O)c2cc3ccccc3oc2=O)c1. The van der Waals surface area contributed by atoms with Crippen LogP contribution in [0.15, 0.2) is 63.8 Å². The number of fused-ring (bicyclic) bond motifs is 1. The van der Waals surface area contributed by atoms with E-state index in [1.807, 2.05) is 37.3 Å². The molecule has 0 spiro atoms.